The van der Waals surface area contributed by atoms with Gasteiger partial charge in [0.25, 0.3) is 11.6 Å². The Morgan fingerprint density at radius 3 is 2.67 bits per heavy atom. The summed E-state index contributed by atoms with van der Waals surface area (Å²) < 4.78 is 1.79. The van der Waals surface area contributed by atoms with Gasteiger partial charge in [0.2, 0.25) is 0 Å². The predicted octanol–water partition coefficient (Wildman–Crippen LogP) is 4.52. The van der Waals surface area contributed by atoms with E-state index >= 15 is 0 Å². The third-order valence-corrected chi connectivity index (χ3v) is 4.31. The van der Waals surface area contributed by atoms with E-state index in [2.05, 4.69) is 43.8 Å². The number of halogens is 2. The van der Waals surface area contributed by atoms with Gasteiger partial charge < -0.3 is 5.32 Å². The van der Waals surface area contributed by atoms with E-state index in [9.17, 15) is 14.9 Å². The van der Waals surface area contributed by atoms with Crippen LogP contribution in [-0.4, -0.2) is 10.8 Å². The predicted molar refractivity (Wildman–Crippen MR) is 92.6 cm³/mol. The third-order valence-electron chi connectivity index (χ3n) is 2.93. The maximum absolute atomic E-state index is 12.3. The molecule has 0 aliphatic heterocycles. The molecule has 1 amide bonds. The minimum Gasteiger partial charge on any atom is -0.321 e. The highest BCUT2D eigenvalue weighted by molar-refractivity contribution is 14.1. The molecular weight excluding hydrogens is 451 g/mol. The van der Waals surface area contributed by atoms with Crippen molar-refractivity contribution in [1.29, 1.82) is 0 Å². The maximum Gasteiger partial charge on any atom is 0.273 e. The Balaban J connectivity index is 2.33. The summed E-state index contributed by atoms with van der Waals surface area (Å²) >= 11 is 5.46. The number of nitro benzene ring substituents is 1. The molecule has 0 heterocycles. The quantitative estimate of drug-likeness (QED) is 0.415. The Morgan fingerprint density at radius 2 is 2.05 bits per heavy atom. The number of nitro groups is 1. The zero-order valence-electron chi connectivity index (χ0n) is 10.9. The molecule has 0 atom stereocenters. The second-order valence-corrected chi connectivity index (χ2v) is 6.36. The van der Waals surface area contributed by atoms with E-state index in [4.69, 9.17) is 0 Å². The Bertz CT molecular complexity index is 734. The number of nitrogens with one attached hydrogen (secondary N) is 1. The first-order valence-corrected chi connectivity index (χ1v) is 7.77. The normalized spacial score (nSPS) is 10.2. The molecule has 0 saturated carbocycles. The number of hydrogen-bond donors (Lipinski definition) is 1. The van der Waals surface area contributed by atoms with Crippen LogP contribution in [0.1, 0.15) is 15.9 Å². The van der Waals surface area contributed by atoms with Crippen molar-refractivity contribution in [2.24, 2.45) is 0 Å². The smallest absolute Gasteiger partial charge is 0.273 e. The van der Waals surface area contributed by atoms with Crippen molar-refractivity contribution < 1.29 is 9.72 Å². The highest BCUT2D eigenvalue weighted by Gasteiger charge is 2.18. The van der Waals surface area contributed by atoms with Crippen molar-refractivity contribution in [3.63, 3.8) is 0 Å². The van der Waals surface area contributed by atoms with Crippen LogP contribution >= 0.6 is 38.5 Å². The standard InChI is InChI=1S/C14H10BrIN2O3/c1-8-10(3-2-4-13(8)18(20)21)14(19)17-12-6-5-9(15)7-11(12)16/h2-7H,1H3,(H,17,19). The van der Waals surface area contributed by atoms with Gasteiger partial charge in [-0.05, 0) is 53.8 Å². The number of hydrogen-bond acceptors (Lipinski definition) is 3. The van der Waals surface area contributed by atoms with Gasteiger partial charge in [0.05, 0.1) is 10.6 Å². The summed E-state index contributed by atoms with van der Waals surface area (Å²) in [5.41, 5.74) is 1.25. The highest BCUT2D eigenvalue weighted by Crippen LogP contribution is 2.25. The highest BCUT2D eigenvalue weighted by atomic mass is 127. The summed E-state index contributed by atoms with van der Waals surface area (Å²) in [5, 5.41) is 13.7. The van der Waals surface area contributed by atoms with Gasteiger partial charge in [-0.15, -0.1) is 0 Å². The average Bonchev–Trinajstić information content (AvgIpc) is 2.41. The first-order valence-electron chi connectivity index (χ1n) is 5.90. The number of carbonyl (C=O) groups excluding carboxylic acids is 1. The monoisotopic (exact) mass is 460 g/mol. The van der Waals surface area contributed by atoms with Crippen LogP contribution in [0.4, 0.5) is 11.4 Å². The minimum absolute atomic E-state index is 0.0619. The SMILES string of the molecule is Cc1c(C(=O)Nc2ccc(Br)cc2I)cccc1[N+](=O)[O-]. The van der Waals surface area contributed by atoms with E-state index in [1.807, 2.05) is 12.1 Å². The fourth-order valence-electron chi connectivity index (χ4n) is 1.85. The molecule has 0 radical (unpaired) electrons. The van der Waals surface area contributed by atoms with Crippen LogP contribution in [0, 0.1) is 20.6 Å². The van der Waals surface area contributed by atoms with Crippen LogP contribution in [0.3, 0.4) is 0 Å². The van der Waals surface area contributed by atoms with Crippen molar-refractivity contribution in [2.75, 3.05) is 5.32 Å². The van der Waals surface area contributed by atoms with Crippen LogP contribution in [0.5, 0.6) is 0 Å². The van der Waals surface area contributed by atoms with E-state index in [0.29, 0.717) is 16.8 Å². The molecule has 0 saturated heterocycles. The molecule has 5 nitrogen and oxygen atoms in total. The van der Waals surface area contributed by atoms with Gasteiger partial charge in [0.1, 0.15) is 0 Å². The van der Waals surface area contributed by atoms with E-state index in [0.717, 1.165) is 8.04 Å². The van der Waals surface area contributed by atoms with Crippen molar-refractivity contribution >= 4 is 55.8 Å². The third kappa shape index (κ3) is 3.59. The molecule has 0 spiro atoms. The lowest BCUT2D eigenvalue weighted by molar-refractivity contribution is -0.385. The molecule has 2 aromatic carbocycles. The van der Waals surface area contributed by atoms with Crippen LogP contribution in [0.15, 0.2) is 40.9 Å². The van der Waals surface area contributed by atoms with Crippen LogP contribution < -0.4 is 5.32 Å². The summed E-state index contributed by atoms with van der Waals surface area (Å²) in [5.74, 6) is -0.364. The molecule has 0 fully saturated rings. The van der Waals surface area contributed by atoms with Crippen molar-refractivity contribution in [3.05, 3.63) is 65.7 Å². The Hall–Kier alpha value is -1.48. The molecule has 1 N–H and O–H groups in total. The Kier molecular flexibility index (Phi) is 4.94. The molecule has 0 aliphatic carbocycles. The zero-order valence-corrected chi connectivity index (χ0v) is 14.6. The molecule has 0 bridgehead atoms. The van der Waals surface area contributed by atoms with Crippen molar-refractivity contribution in [3.8, 4) is 0 Å². The van der Waals surface area contributed by atoms with Gasteiger partial charge in [-0.1, -0.05) is 22.0 Å². The lowest BCUT2D eigenvalue weighted by Gasteiger charge is -2.09. The van der Waals surface area contributed by atoms with Gasteiger partial charge >= 0.3 is 0 Å². The van der Waals surface area contributed by atoms with Crippen molar-refractivity contribution in [1.82, 2.24) is 0 Å². The van der Waals surface area contributed by atoms with Crippen molar-refractivity contribution in [2.45, 2.75) is 6.92 Å². The number of amides is 1. The van der Waals surface area contributed by atoms with Gasteiger partial charge in [-0.25, -0.2) is 0 Å². The molecule has 7 heteroatoms. The number of benzene rings is 2. The maximum atomic E-state index is 12.3. The minimum atomic E-state index is -0.491. The second kappa shape index (κ2) is 6.52. The largest absolute Gasteiger partial charge is 0.321 e. The molecule has 2 rings (SSSR count). The molecule has 0 unspecified atom stereocenters. The first-order chi connectivity index (χ1) is 9.90. The summed E-state index contributed by atoms with van der Waals surface area (Å²) in [6.45, 7) is 1.57. The number of rotatable bonds is 3. The van der Waals surface area contributed by atoms with E-state index in [-0.39, 0.29) is 11.6 Å². The first kappa shape index (κ1) is 15.9. The topological polar surface area (TPSA) is 72.2 Å². The summed E-state index contributed by atoms with van der Waals surface area (Å²) in [6, 6.07) is 9.93. The van der Waals surface area contributed by atoms with E-state index in [1.165, 1.54) is 12.1 Å². The molecule has 0 aliphatic rings. The fraction of sp³-hybridized carbons (Fsp3) is 0.0714. The molecule has 2 aromatic rings. The number of carbonyl (C=O) groups is 1. The van der Waals surface area contributed by atoms with Crippen LogP contribution in [-0.2, 0) is 0 Å². The summed E-state index contributed by atoms with van der Waals surface area (Å²) in [4.78, 5) is 22.7. The molecule has 0 aromatic heterocycles. The Morgan fingerprint density at radius 1 is 1.33 bits per heavy atom. The molecule has 21 heavy (non-hydrogen) atoms. The lowest BCUT2D eigenvalue weighted by atomic mass is 10.1. The average molecular weight is 461 g/mol. The van der Waals surface area contributed by atoms with Crippen LogP contribution in [0.2, 0.25) is 0 Å². The van der Waals surface area contributed by atoms with E-state index in [1.54, 1.807) is 19.1 Å². The van der Waals surface area contributed by atoms with Gasteiger partial charge in [0.15, 0.2) is 0 Å². The Labute approximate surface area is 143 Å². The lowest BCUT2D eigenvalue weighted by Crippen LogP contribution is -2.14. The second-order valence-electron chi connectivity index (χ2n) is 4.29. The zero-order chi connectivity index (χ0) is 15.6. The molecule has 108 valence electrons. The fourth-order valence-corrected chi connectivity index (χ4v) is 3.29. The van der Waals surface area contributed by atoms with Gasteiger partial charge in [-0.3, -0.25) is 14.9 Å². The van der Waals surface area contributed by atoms with Crippen LogP contribution in [0.25, 0.3) is 0 Å². The van der Waals surface area contributed by atoms with Gasteiger partial charge in [0, 0.05) is 25.2 Å². The van der Waals surface area contributed by atoms with Gasteiger partial charge in [-0.2, -0.15) is 0 Å². The summed E-state index contributed by atoms with van der Waals surface area (Å²) in [6.07, 6.45) is 0. The van der Waals surface area contributed by atoms with E-state index < -0.39 is 4.92 Å². The molecular formula is C14H10BrIN2O3. The summed E-state index contributed by atoms with van der Waals surface area (Å²) in [7, 11) is 0. The number of anilines is 1. The number of nitrogens with zero attached hydrogens (tertiary/aromatic N) is 1.